The summed E-state index contributed by atoms with van der Waals surface area (Å²) >= 11 is 0. The highest BCUT2D eigenvalue weighted by molar-refractivity contribution is 5.70. The zero-order valence-corrected chi connectivity index (χ0v) is 42.5. The van der Waals surface area contributed by atoms with Gasteiger partial charge in [-0.1, -0.05) is 248 Å². The Labute approximate surface area is 397 Å². The first-order valence-corrected chi connectivity index (χ1v) is 27.5. The van der Waals surface area contributed by atoms with Gasteiger partial charge in [-0.3, -0.25) is 9.59 Å². The highest BCUT2D eigenvalue weighted by atomic mass is 16.6. The molecule has 0 heterocycles. The third-order valence-electron chi connectivity index (χ3n) is 11.7. The zero-order valence-electron chi connectivity index (χ0n) is 42.5. The Balaban J connectivity index is 4.31. The van der Waals surface area contributed by atoms with Gasteiger partial charge in [-0.2, -0.15) is 0 Å². The van der Waals surface area contributed by atoms with Crippen LogP contribution < -0.4 is 0 Å². The van der Waals surface area contributed by atoms with Crippen molar-refractivity contribution in [2.24, 2.45) is 0 Å². The van der Waals surface area contributed by atoms with Crippen LogP contribution in [0, 0.1) is 0 Å². The van der Waals surface area contributed by atoms with Gasteiger partial charge in [0.25, 0.3) is 0 Å². The van der Waals surface area contributed by atoms with Crippen LogP contribution in [0.4, 0.5) is 0 Å². The third-order valence-corrected chi connectivity index (χ3v) is 11.7. The molecule has 0 aromatic carbocycles. The second-order valence-corrected chi connectivity index (χ2v) is 18.1. The lowest BCUT2D eigenvalue weighted by molar-refractivity contribution is -0.162. The molecule has 5 nitrogen and oxygen atoms in total. The molecule has 0 aromatic rings. The van der Waals surface area contributed by atoms with Gasteiger partial charge in [0.05, 0.1) is 6.61 Å². The van der Waals surface area contributed by atoms with E-state index >= 15 is 0 Å². The molecule has 370 valence electrons. The van der Waals surface area contributed by atoms with Gasteiger partial charge in [0.15, 0.2) is 6.10 Å². The molecule has 0 N–H and O–H groups in total. The molecule has 0 aliphatic rings. The molecule has 64 heavy (non-hydrogen) atoms. The molecule has 0 aromatic heterocycles. The SMILES string of the molecule is CC/C=C\C/C=C\C/C=C\C/C=C\CCC(=O)OC(COCCCCCCCCCCCCCCCCCCCC)COC(=O)CCCCCCCCC/C=C\C/C=C\CCCCC. The van der Waals surface area contributed by atoms with Crippen LogP contribution in [0.5, 0.6) is 0 Å². The highest BCUT2D eigenvalue weighted by Crippen LogP contribution is 2.15. The number of ether oxygens (including phenoxy) is 3. The van der Waals surface area contributed by atoms with Gasteiger partial charge in [0, 0.05) is 19.4 Å². The topological polar surface area (TPSA) is 61.8 Å². The Kier molecular flexibility index (Phi) is 52.4. The Morgan fingerprint density at radius 1 is 0.359 bits per heavy atom. The minimum Gasteiger partial charge on any atom is -0.462 e. The lowest BCUT2D eigenvalue weighted by atomic mass is 10.0. The molecule has 0 aliphatic heterocycles. The van der Waals surface area contributed by atoms with E-state index in [2.05, 4.69) is 87.6 Å². The fraction of sp³-hybridized carbons (Fsp3) is 0.763. The Morgan fingerprint density at radius 3 is 1.22 bits per heavy atom. The fourth-order valence-electron chi connectivity index (χ4n) is 7.67. The lowest BCUT2D eigenvalue weighted by Gasteiger charge is -2.18. The summed E-state index contributed by atoms with van der Waals surface area (Å²) in [5.41, 5.74) is 0. The maximum absolute atomic E-state index is 12.8. The normalized spacial score (nSPS) is 12.7. The summed E-state index contributed by atoms with van der Waals surface area (Å²) in [5, 5.41) is 0. The smallest absolute Gasteiger partial charge is 0.306 e. The molecule has 0 aliphatic carbocycles. The van der Waals surface area contributed by atoms with Crippen LogP contribution in [0.25, 0.3) is 0 Å². The number of carbonyl (C=O) groups is 2. The fourth-order valence-corrected chi connectivity index (χ4v) is 7.67. The molecule has 0 saturated carbocycles. The number of hydrogen-bond acceptors (Lipinski definition) is 5. The summed E-state index contributed by atoms with van der Waals surface area (Å²) in [6.07, 6.45) is 70.8. The molecule has 0 fully saturated rings. The maximum atomic E-state index is 12.8. The summed E-state index contributed by atoms with van der Waals surface area (Å²) in [5.74, 6) is -0.492. The Hall–Kier alpha value is -2.66. The molecule has 0 amide bonds. The van der Waals surface area contributed by atoms with Crippen molar-refractivity contribution in [1.82, 2.24) is 0 Å². The summed E-state index contributed by atoms with van der Waals surface area (Å²) in [4.78, 5) is 25.4. The van der Waals surface area contributed by atoms with Gasteiger partial charge >= 0.3 is 11.9 Å². The predicted octanol–water partition coefficient (Wildman–Crippen LogP) is 18.7. The van der Waals surface area contributed by atoms with Gasteiger partial charge in [0.1, 0.15) is 6.61 Å². The number of carbonyl (C=O) groups excluding carboxylic acids is 2. The van der Waals surface area contributed by atoms with E-state index in [1.807, 2.05) is 6.08 Å². The van der Waals surface area contributed by atoms with E-state index in [1.54, 1.807) is 0 Å². The number of rotatable bonds is 50. The van der Waals surface area contributed by atoms with Gasteiger partial charge in [-0.05, 0) is 77.0 Å². The monoisotopic (exact) mass is 893 g/mol. The summed E-state index contributed by atoms with van der Waals surface area (Å²) in [6.45, 7) is 7.63. The van der Waals surface area contributed by atoms with Crippen LogP contribution in [0.2, 0.25) is 0 Å². The molecular formula is C59H104O5. The number of allylic oxidation sites excluding steroid dienone is 12. The van der Waals surface area contributed by atoms with Crippen molar-refractivity contribution in [1.29, 1.82) is 0 Å². The molecule has 1 atom stereocenters. The molecule has 0 rings (SSSR count). The van der Waals surface area contributed by atoms with E-state index in [0.29, 0.717) is 25.9 Å². The van der Waals surface area contributed by atoms with Crippen LogP contribution in [-0.4, -0.2) is 37.9 Å². The standard InChI is InChI=1S/C59H104O5/c1-4-7-10-13-16-19-22-25-27-29-31-33-36-39-42-45-48-51-54-62-55-57(64-59(61)53-50-47-44-41-38-34-24-21-18-15-12-9-6-3)56-63-58(60)52-49-46-43-40-37-35-32-30-28-26-23-20-17-14-11-8-5-2/h9,12,17-18,20-21,26,28,34,38,44,47,57H,4-8,10-11,13-16,19,22-25,27,29-33,35-37,39-43,45-46,48-56H2,1-3H3/b12-9-,20-17-,21-18-,28-26-,38-34-,47-44-. The zero-order chi connectivity index (χ0) is 46.3. The van der Waals surface area contributed by atoms with Crippen LogP contribution >= 0.6 is 0 Å². The summed E-state index contributed by atoms with van der Waals surface area (Å²) in [7, 11) is 0. The lowest BCUT2D eigenvalue weighted by Crippen LogP contribution is -2.30. The quantitative estimate of drug-likeness (QED) is 0.0346. The number of esters is 2. The van der Waals surface area contributed by atoms with Crippen molar-refractivity contribution in [3.8, 4) is 0 Å². The first-order chi connectivity index (χ1) is 31.6. The summed E-state index contributed by atoms with van der Waals surface area (Å²) < 4.78 is 17.4. The van der Waals surface area contributed by atoms with E-state index in [0.717, 1.165) is 64.2 Å². The van der Waals surface area contributed by atoms with Gasteiger partial charge in [-0.15, -0.1) is 0 Å². The number of unbranched alkanes of at least 4 members (excludes halogenated alkanes) is 27. The van der Waals surface area contributed by atoms with Crippen molar-refractivity contribution >= 4 is 11.9 Å². The van der Waals surface area contributed by atoms with Crippen LogP contribution in [0.15, 0.2) is 72.9 Å². The summed E-state index contributed by atoms with van der Waals surface area (Å²) in [6, 6.07) is 0. The molecular weight excluding hydrogens is 789 g/mol. The molecule has 0 spiro atoms. The molecule has 5 heteroatoms. The predicted molar refractivity (Wildman–Crippen MR) is 279 cm³/mol. The molecule has 0 bridgehead atoms. The van der Waals surface area contributed by atoms with Crippen LogP contribution in [-0.2, 0) is 23.8 Å². The van der Waals surface area contributed by atoms with Gasteiger partial charge in [-0.25, -0.2) is 0 Å². The van der Waals surface area contributed by atoms with E-state index in [1.165, 1.54) is 161 Å². The average Bonchev–Trinajstić information content (AvgIpc) is 3.30. The Bertz CT molecular complexity index is 1150. The highest BCUT2D eigenvalue weighted by Gasteiger charge is 2.17. The van der Waals surface area contributed by atoms with Crippen LogP contribution in [0.3, 0.4) is 0 Å². The van der Waals surface area contributed by atoms with Gasteiger partial charge in [0.2, 0.25) is 0 Å². The second kappa shape index (κ2) is 54.7. The molecule has 0 saturated heterocycles. The molecule has 0 radical (unpaired) electrons. The van der Waals surface area contributed by atoms with Crippen LogP contribution in [0.1, 0.15) is 265 Å². The van der Waals surface area contributed by atoms with Crippen molar-refractivity contribution in [2.75, 3.05) is 19.8 Å². The maximum Gasteiger partial charge on any atom is 0.306 e. The largest absolute Gasteiger partial charge is 0.462 e. The van der Waals surface area contributed by atoms with E-state index < -0.39 is 6.10 Å². The van der Waals surface area contributed by atoms with Gasteiger partial charge < -0.3 is 14.2 Å². The molecule has 1 unspecified atom stereocenters. The Morgan fingerprint density at radius 2 is 0.734 bits per heavy atom. The minimum atomic E-state index is -0.578. The number of hydrogen-bond donors (Lipinski definition) is 0. The van der Waals surface area contributed by atoms with E-state index in [-0.39, 0.29) is 25.2 Å². The minimum absolute atomic E-state index is 0.0529. The average molecular weight is 893 g/mol. The van der Waals surface area contributed by atoms with Crippen molar-refractivity contribution in [3.63, 3.8) is 0 Å². The first kappa shape index (κ1) is 61.3. The first-order valence-electron chi connectivity index (χ1n) is 27.5. The van der Waals surface area contributed by atoms with E-state index in [9.17, 15) is 9.59 Å². The van der Waals surface area contributed by atoms with Crippen molar-refractivity contribution < 1.29 is 23.8 Å². The second-order valence-electron chi connectivity index (χ2n) is 18.1. The third kappa shape index (κ3) is 52.0. The van der Waals surface area contributed by atoms with Crippen molar-refractivity contribution in [2.45, 2.75) is 271 Å². The van der Waals surface area contributed by atoms with E-state index in [4.69, 9.17) is 14.2 Å². The van der Waals surface area contributed by atoms with Crippen molar-refractivity contribution in [3.05, 3.63) is 72.9 Å².